The molecule has 1 aromatic rings. The number of carbonyl (C=O) groups excluding carboxylic acids is 1. The maximum Gasteiger partial charge on any atom is 0.191 e. The number of aldehydes is 1. The Hall–Kier alpha value is -1.91. The first-order valence-corrected chi connectivity index (χ1v) is 6.35. The van der Waals surface area contributed by atoms with Gasteiger partial charge in [-0.15, -0.1) is 0 Å². The summed E-state index contributed by atoms with van der Waals surface area (Å²) < 4.78 is 0. The van der Waals surface area contributed by atoms with Crippen LogP contribution in [-0.4, -0.2) is 30.3 Å². The second kappa shape index (κ2) is 4.76. The standard InChI is InChI=1S/C13H16N4O/c18-8-9-6-10-2-1-3-11(12(10)16-7-9)17-13-14-4-5-15-13/h6-8,11H,1-5H2,(H2,14,15,17). The molecule has 0 amide bonds. The molecule has 2 N–H and O–H groups in total. The molecule has 1 atom stereocenters. The van der Waals surface area contributed by atoms with Crippen LogP contribution in [0, 0.1) is 0 Å². The quantitative estimate of drug-likeness (QED) is 0.756. The van der Waals surface area contributed by atoms with Crippen LogP contribution in [0.3, 0.4) is 0 Å². The maximum atomic E-state index is 10.8. The number of fused-ring (bicyclic) bond motifs is 1. The Morgan fingerprint density at radius 2 is 2.44 bits per heavy atom. The van der Waals surface area contributed by atoms with Crippen LogP contribution in [0.2, 0.25) is 0 Å². The third-order valence-electron chi connectivity index (χ3n) is 3.41. The van der Waals surface area contributed by atoms with Crippen LogP contribution in [0.15, 0.2) is 17.3 Å². The highest BCUT2D eigenvalue weighted by atomic mass is 16.1. The van der Waals surface area contributed by atoms with E-state index in [1.807, 2.05) is 6.07 Å². The highest BCUT2D eigenvalue weighted by molar-refractivity contribution is 5.81. The number of nitrogens with zero attached hydrogens (tertiary/aromatic N) is 2. The van der Waals surface area contributed by atoms with Gasteiger partial charge in [-0.3, -0.25) is 14.8 Å². The van der Waals surface area contributed by atoms with E-state index in [4.69, 9.17) is 0 Å². The van der Waals surface area contributed by atoms with Gasteiger partial charge in [-0.05, 0) is 30.9 Å². The molecule has 0 spiro atoms. The average molecular weight is 244 g/mol. The van der Waals surface area contributed by atoms with Crippen LogP contribution >= 0.6 is 0 Å². The van der Waals surface area contributed by atoms with Gasteiger partial charge < -0.3 is 10.6 Å². The lowest BCUT2D eigenvalue weighted by Crippen LogP contribution is -2.38. The Balaban J connectivity index is 1.84. The third-order valence-corrected chi connectivity index (χ3v) is 3.41. The Morgan fingerprint density at radius 3 is 3.22 bits per heavy atom. The topological polar surface area (TPSA) is 66.4 Å². The van der Waals surface area contributed by atoms with Crippen molar-refractivity contribution in [1.29, 1.82) is 0 Å². The van der Waals surface area contributed by atoms with Gasteiger partial charge in [0, 0.05) is 18.3 Å². The van der Waals surface area contributed by atoms with E-state index in [0.717, 1.165) is 50.3 Å². The van der Waals surface area contributed by atoms with E-state index in [-0.39, 0.29) is 6.04 Å². The number of rotatable bonds is 2. The Morgan fingerprint density at radius 1 is 1.50 bits per heavy atom. The number of pyridine rings is 1. The van der Waals surface area contributed by atoms with Crippen molar-refractivity contribution < 1.29 is 4.79 Å². The zero-order valence-corrected chi connectivity index (χ0v) is 10.1. The predicted molar refractivity (Wildman–Crippen MR) is 68.7 cm³/mol. The molecular weight excluding hydrogens is 228 g/mol. The summed E-state index contributed by atoms with van der Waals surface area (Å²) in [4.78, 5) is 19.6. The lowest BCUT2D eigenvalue weighted by molar-refractivity contribution is 0.112. The summed E-state index contributed by atoms with van der Waals surface area (Å²) >= 11 is 0. The molecular formula is C13H16N4O. The first-order chi connectivity index (χ1) is 8.86. The van der Waals surface area contributed by atoms with Crippen LogP contribution < -0.4 is 10.6 Å². The van der Waals surface area contributed by atoms with Crippen molar-refractivity contribution in [2.75, 3.05) is 13.1 Å². The molecule has 94 valence electrons. The van der Waals surface area contributed by atoms with Crippen molar-refractivity contribution in [3.8, 4) is 0 Å². The fourth-order valence-electron chi connectivity index (χ4n) is 2.55. The van der Waals surface area contributed by atoms with Crippen molar-refractivity contribution in [3.63, 3.8) is 0 Å². The fraction of sp³-hybridized carbons (Fsp3) is 0.462. The number of carbonyl (C=O) groups is 1. The summed E-state index contributed by atoms with van der Waals surface area (Å²) in [6.45, 7) is 1.73. The summed E-state index contributed by atoms with van der Waals surface area (Å²) in [5.41, 5.74) is 2.90. The number of guanidine groups is 1. The summed E-state index contributed by atoms with van der Waals surface area (Å²) in [6.07, 6.45) is 5.67. The van der Waals surface area contributed by atoms with E-state index in [1.165, 1.54) is 5.56 Å². The Bertz CT molecular complexity index is 498. The molecule has 5 heteroatoms. The predicted octanol–water partition coefficient (Wildman–Crippen LogP) is 0.820. The van der Waals surface area contributed by atoms with E-state index in [1.54, 1.807) is 6.20 Å². The van der Waals surface area contributed by atoms with Gasteiger partial charge in [-0.25, -0.2) is 0 Å². The van der Waals surface area contributed by atoms with Crippen LogP contribution in [-0.2, 0) is 6.42 Å². The van der Waals surface area contributed by atoms with Gasteiger partial charge in [-0.1, -0.05) is 0 Å². The van der Waals surface area contributed by atoms with E-state index >= 15 is 0 Å². The second-order valence-electron chi connectivity index (χ2n) is 4.68. The van der Waals surface area contributed by atoms with Crippen LogP contribution in [0.25, 0.3) is 0 Å². The number of aromatic nitrogens is 1. The Kier molecular flexibility index (Phi) is 2.96. The monoisotopic (exact) mass is 244 g/mol. The molecule has 0 fully saturated rings. The number of aliphatic imine (C=N–C) groups is 1. The number of hydrogen-bond acceptors (Lipinski definition) is 5. The minimum Gasteiger partial charge on any atom is -0.355 e. The van der Waals surface area contributed by atoms with Crippen molar-refractivity contribution in [2.45, 2.75) is 25.3 Å². The lowest BCUT2D eigenvalue weighted by atomic mass is 9.91. The van der Waals surface area contributed by atoms with Crippen molar-refractivity contribution >= 4 is 12.2 Å². The summed E-state index contributed by atoms with van der Waals surface area (Å²) in [7, 11) is 0. The molecule has 3 rings (SSSR count). The van der Waals surface area contributed by atoms with Gasteiger partial charge in [0.05, 0.1) is 18.3 Å². The molecule has 1 aliphatic heterocycles. The van der Waals surface area contributed by atoms with Gasteiger partial charge in [0.15, 0.2) is 12.2 Å². The van der Waals surface area contributed by atoms with E-state index in [0.29, 0.717) is 5.56 Å². The Labute approximate surface area is 106 Å². The summed E-state index contributed by atoms with van der Waals surface area (Å²) in [5, 5.41) is 6.61. The molecule has 2 aliphatic rings. The largest absolute Gasteiger partial charge is 0.355 e. The van der Waals surface area contributed by atoms with Gasteiger partial charge in [-0.2, -0.15) is 0 Å². The highest BCUT2D eigenvalue weighted by Gasteiger charge is 2.23. The van der Waals surface area contributed by atoms with Crippen molar-refractivity contribution in [1.82, 2.24) is 15.6 Å². The average Bonchev–Trinajstić information content (AvgIpc) is 2.91. The van der Waals surface area contributed by atoms with E-state index in [2.05, 4.69) is 20.6 Å². The fourth-order valence-corrected chi connectivity index (χ4v) is 2.55. The number of hydrogen-bond donors (Lipinski definition) is 2. The zero-order chi connectivity index (χ0) is 12.4. The molecule has 1 aromatic heterocycles. The normalized spacial score (nSPS) is 21.8. The van der Waals surface area contributed by atoms with Crippen molar-refractivity contribution in [2.24, 2.45) is 4.99 Å². The number of nitrogens with one attached hydrogen (secondary N) is 2. The molecule has 2 heterocycles. The lowest BCUT2D eigenvalue weighted by Gasteiger charge is -2.26. The molecule has 0 saturated heterocycles. The smallest absolute Gasteiger partial charge is 0.191 e. The van der Waals surface area contributed by atoms with Crippen LogP contribution in [0.5, 0.6) is 0 Å². The summed E-state index contributed by atoms with van der Waals surface area (Å²) in [5.74, 6) is 0.870. The first kappa shape index (κ1) is 11.2. The van der Waals surface area contributed by atoms with Crippen molar-refractivity contribution in [3.05, 3.63) is 29.1 Å². The van der Waals surface area contributed by atoms with E-state index in [9.17, 15) is 4.79 Å². The van der Waals surface area contributed by atoms with Gasteiger partial charge >= 0.3 is 0 Å². The second-order valence-corrected chi connectivity index (χ2v) is 4.68. The molecule has 0 bridgehead atoms. The molecule has 0 aromatic carbocycles. The summed E-state index contributed by atoms with van der Waals surface area (Å²) in [6, 6.07) is 2.16. The highest BCUT2D eigenvalue weighted by Crippen LogP contribution is 2.28. The molecule has 18 heavy (non-hydrogen) atoms. The SMILES string of the molecule is O=Cc1cnc2c(c1)CCCC2NC1=NCCN1. The molecule has 1 aliphatic carbocycles. The molecule has 0 radical (unpaired) electrons. The first-order valence-electron chi connectivity index (χ1n) is 6.35. The number of aryl methyl sites for hydroxylation is 1. The minimum absolute atomic E-state index is 0.207. The zero-order valence-electron chi connectivity index (χ0n) is 10.1. The maximum absolute atomic E-state index is 10.8. The molecule has 0 saturated carbocycles. The third kappa shape index (κ3) is 2.08. The minimum atomic E-state index is 0.207. The van der Waals surface area contributed by atoms with Gasteiger partial charge in [0.25, 0.3) is 0 Å². The molecule has 1 unspecified atom stereocenters. The van der Waals surface area contributed by atoms with E-state index < -0.39 is 0 Å². The van der Waals surface area contributed by atoms with Crippen LogP contribution in [0.1, 0.15) is 40.5 Å². The van der Waals surface area contributed by atoms with Gasteiger partial charge in [0.2, 0.25) is 0 Å². The van der Waals surface area contributed by atoms with Gasteiger partial charge in [0.1, 0.15) is 0 Å². The van der Waals surface area contributed by atoms with Crippen LogP contribution in [0.4, 0.5) is 0 Å². The molecule has 5 nitrogen and oxygen atoms in total.